The summed E-state index contributed by atoms with van der Waals surface area (Å²) in [4.78, 5) is 5.30. The van der Waals surface area contributed by atoms with Crippen molar-refractivity contribution >= 4 is 21.4 Å². The molecule has 2 heterocycles. The third-order valence-electron chi connectivity index (χ3n) is 3.37. The average molecular weight is 252 g/mol. The second-order valence-electron chi connectivity index (χ2n) is 4.64. The number of nitrogens with zero attached hydrogens (tertiary/aromatic N) is 3. The molecule has 2 atom stereocenters. The van der Waals surface area contributed by atoms with Crippen molar-refractivity contribution in [1.29, 1.82) is 0 Å². The van der Waals surface area contributed by atoms with Gasteiger partial charge in [-0.3, -0.25) is 0 Å². The molecule has 1 aliphatic carbocycles. The van der Waals surface area contributed by atoms with Crippen molar-refractivity contribution in [3.8, 4) is 0 Å². The quantitative estimate of drug-likeness (QED) is 0.872. The molecule has 2 aromatic rings. The molecule has 1 aliphatic rings. The summed E-state index contributed by atoms with van der Waals surface area (Å²) in [5.41, 5.74) is 0.990. The van der Waals surface area contributed by atoms with Crippen LogP contribution < -0.4 is 5.32 Å². The summed E-state index contributed by atoms with van der Waals surface area (Å²) in [5, 5.41) is 18.0. The molecule has 3 rings (SSSR count). The molecule has 0 aromatic carbocycles. The van der Waals surface area contributed by atoms with Crippen LogP contribution in [0.4, 0.5) is 5.13 Å². The molecule has 0 aliphatic heterocycles. The predicted molar refractivity (Wildman–Crippen MR) is 67.4 cm³/mol. The highest BCUT2D eigenvalue weighted by atomic mass is 32.1. The van der Waals surface area contributed by atoms with E-state index in [0.717, 1.165) is 28.6 Å². The molecule has 6 heteroatoms. The molecule has 0 spiro atoms. The van der Waals surface area contributed by atoms with Crippen molar-refractivity contribution in [2.75, 3.05) is 11.9 Å². The molecule has 0 saturated heterocycles. The van der Waals surface area contributed by atoms with E-state index in [9.17, 15) is 5.11 Å². The Morgan fingerprint density at radius 2 is 2.47 bits per heavy atom. The summed E-state index contributed by atoms with van der Waals surface area (Å²) in [7, 11) is 0. The maximum atomic E-state index is 9.28. The van der Waals surface area contributed by atoms with Gasteiger partial charge in [-0.05, 0) is 19.8 Å². The second-order valence-corrected chi connectivity index (χ2v) is 5.60. The Kier molecular flexibility index (Phi) is 2.76. The smallest absolute Gasteiger partial charge is 0.214 e. The first kappa shape index (κ1) is 11.0. The summed E-state index contributed by atoms with van der Waals surface area (Å²) < 4.78 is 1.81. The lowest BCUT2D eigenvalue weighted by molar-refractivity contribution is 0.222. The average Bonchev–Trinajstić information content (AvgIpc) is 2.93. The molecule has 1 saturated carbocycles. The molecule has 2 aromatic heterocycles. The van der Waals surface area contributed by atoms with Gasteiger partial charge in [-0.1, -0.05) is 17.8 Å². The molecular weight excluding hydrogens is 236 g/mol. The zero-order valence-electron chi connectivity index (χ0n) is 9.76. The van der Waals surface area contributed by atoms with E-state index < -0.39 is 0 Å². The number of aliphatic hydroxyl groups is 1. The van der Waals surface area contributed by atoms with E-state index >= 15 is 0 Å². The number of imidazole rings is 1. The highest BCUT2D eigenvalue weighted by Gasteiger charge is 2.27. The minimum absolute atomic E-state index is 0.263. The molecule has 17 heavy (non-hydrogen) atoms. The molecule has 0 bridgehead atoms. The van der Waals surface area contributed by atoms with E-state index in [1.54, 1.807) is 11.3 Å². The first-order chi connectivity index (χ1) is 8.26. The van der Waals surface area contributed by atoms with Crippen LogP contribution in [-0.2, 0) is 0 Å². The minimum atomic E-state index is 0.263. The van der Waals surface area contributed by atoms with Gasteiger partial charge in [0.15, 0.2) is 0 Å². The topological polar surface area (TPSA) is 62.5 Å². The van der Waals surface area contributed by atoms with Crippen molar-refractivity contribution in [3.05, 3.63) is 11.9 Å². The van der Waals surface area contributed by atoms with Crippen LogP contribution in [0.25, 0.3) is 4.96 Å². The van der Waals surface area contributed by atoms with Crippen LogP contribution in [-0.4, -0.2) is 32.4 Å². The Bertz CT molecular complexity index is 489. The lowest BCUT2D eigenvalue weighted by Gasteiger charge is -2.17. The van der Waals surface area contributed by atoms with Crippen LogP contribution in [0.5, 0.6) is 0 Å². The van der Waals surface area contributed by atoms with Crippen LogP contribution >= 0.6 is 11.3 Å². The summed E-state index contributed by atoms with van der Waals surface area (Å²) in [6.07, 6.45) is 5.33. The summed E-state index contributed by atoms with van der Waals surface area (Å²) >= 11 is 1.57. The van der Waals surface area contributed by atoms with Crippen LogP contribution in [0.2, 0.25) is 0 Å². The second kappa shape index (κ2) is 4.27. The third-order valence-corrected chi connectivity index (χ3v) is 4.22. The zero-order chi connectivity index (χ0) is 11.8. The van der Waals surface area contributed by atoms with Gasteiger partial charge in [0.1, 0.15) is 0 Å². The minimum Gasteiger partial charge on any atom is -0.396 e. The number of hydrogen-bond donors (Lipinski definition) is 2. The Morgan fingerprint density at radius 1 is 1.59 bits per heavy atom. The van der Waals surface area contributed by atoms with E-state index in [2.05, 4.69) is 15.4 Å². The van der Waals surface area contributed by atoms with E-state index in [0.29, 0.717) is 12.0 Å². The van der Waals surface area contributed by atoms with E-state index in [1.807, 2.05) is 17.6 Å². The van der Waals surface area contributed by atoms with Crippen LogP contribution in [0, 0.1) is 12.8 Å². The number of hydrogen-bond acceptors (Lipinski definition) is 5. The van der Waals surface area contributed by atoms with Gasteiger partial charge in [-0.25, -0.2) is 9.50 Å². The Balaban J connectivity index is 1.77. The summed E-state index contributed by atoms with van der Waals surface area (Å²) in [6, 6.07) is 0.358. The van der Waals surface area contributed by atoms with Gasteiger partial charge < -0.3 is 10.4 Å². The molecular formula is C11H16N4OS. The lowest BCUT2D eigenvalue weighted by Crippen LogP contribution is -2.26. The van der Waals surface area contributed by atoms with Crippen molar-refractivity contribution in [2.45, 2.75) is 32.2 Å². The van der Waals surface area contributed by atoms with Gasteiger partial charge in [0, 0.05) is 18.6 Å². The monoisotopic (exact) mass is 252 g/mol. The van der Waals surface area contributed by atoms with Crippen molar-refractivity contribution in [1.82, 2.24) is 14.6 Å². The third kappa shape index (κ3) is 2.02. The zero-order valence-corrected chi connectivity index (χ0v) is 10.6. The fraction of sp³-hybridized carbons (Fsp3) is 0.636. The highest BCUT2D eigenvalue weighted by molar-refractivity contribution is 7.20. The van der Waals surface area contributed by atoms with Gasteiger partial charge >= 0.3 is 0 Å². The Hall–Kier alpha value is -1.14. The highest BCUT2D eigenvalue weighted by Crippen LogP contribution is 2.29. The fourth-order valence-electron chi connectivity index (χ4n) is 2.47. The van der Waals surface area contributed by atoms with E-state index in [-0.39, 0.29) is 6.61 Å². The number of rotatable bonds is 3. The van der Waals surface area contributed by atoms with Crippen molar-refractivity contribution in [3.63, 3.8) is 0 Å². The van der Waals surface area contributed by atoms with Gasteiger partial charge in [0.2, 0.25) is 10.1 Å². The Morgan fingerprint density at radius 3 is 3.24 bits per heavy atom. The van der Waals surface area contributed by atoms with Crippen LogP contribution in [0.1, 0.15) is 25.0 Å². The maximum absolute atomic E-state index is 9.28. The molecule has 0 radical (unpaired) electrons. The van der Waals surface area contributed by atoms with Crippen molar-refractivity contribution in [2.24, 2.45) is 5.92 Å². The van der Waals surface area contributed by atoms with Gasteiger partial charge in [0.05, 0.1) is 11.9 Å². The SMILES string of the molecule is Cc1cn2nc(N[C@@H]3CCC[C@@H]3CO)sc2n1. The predicted octanol–water partition coefficient (Wildman–Crippen LogP) is 1.67. The number of anilines is 1. The standard InChI is InChI=1S/C11H16N4OS/c1-7-5-15-11(12-7)17-10(14-15)13-9-4-2-3-8(9)6-16/h5,8-9,16H,2-4,6H2,1H3,(H,13,14)/t8-,9-/m1/s1. The van der Waals surface area contributed by atoms with Gasteiger partial charge in [0.25, 0.3) is 0 Å². The first-order valence-corrected chi connectivity index (χ1v) is 6.78. The number of fused-ring (bicyclic) bond motifs is 1. The summed E-state index contributed by atoms with van der Waals surface area (Å²) in [5.74, 6) is 0.368. The largest absolute Gasteiger partial charge is 0.396 e. The number of aryl methyl sites for hydroxylation is 1. The number of nitrogens with one attached hydrogen (secondary N) is 1. The Labute approximate surface area is 103 Å². The molecule has 1 fully saturated rings. The van der Waals surface area contributed by atoms with Crippen LogP contribution in [0.15, 0.2) is 6.20 Å². The normalized spacial score (nSPS) is 24.6. The van der Waals surface area contributed by atoms with Gasteiger partial charge in [-0.15, -0.1) is 5.10 Å². The molecule has 92 valence electrons. The molecule has 0 unspecified atom stereocenters. The lowest BCUT2D eigenvalue weighted by atomic mass is 10.1. The molecule has 0 amide bonds. The fourth-order valence-corrected chi connectivity index (χ4v) is 3.36. The van der Waals surface area contributed by atoms with Crippen LogP contribution in [0.3, 0.4) is 0 Å². The maximum Gasteiger partial charge on any atom is 0.214 e. The molecule has 5 nitrogen and oxygen atoms in total. The van der Waals surface area contributed by atoms with E-state index in [1.165, 1.54) is 6.42 Å². The first-order valence-electron chi connectivity index (χ1n) is 5.96. The number of aliphatic hydroxyl groups excluding tert-OH is 1. The van der Waals surface area contributed by atoms with E-state index in [4.69, 9.17) is 0 Å². The molecule has 2 N–H and O–H groups in total. The van der Waals surface area contributed by atoms with Gasteiger partial charge in [-0.2, -0.15) is 0 Å². The number of aromatic nitrogens is 3. The van der Waals surface area contributed by atoms with Crippen molar-refractivity contribution < 1.29 is 5.11 Å². The summed E-state index contributed by atoms with van der Waals surface area (Å²) in [6.45, 7) is 2.23.